The number of hydrogen-bond donors (Lipinski definition) is 0. The van der Waals surface area contributed by atoms with Crippen LogP contribution in [0.3, 0.4) is 0 Å². The number of benzene rings is 4. The molecule has 6 rings (SSSR count). The maximum Gasteiger partial charge on any atom is 0.119 e. The van der Waals surface area contributed by atoms with E-state index < -0.39 is 0 Å². The minimum absolute atomic E-state index is 0.818. The molecule has 0 fully saturated rings. The Labute approximate surface area is 401 Å². The monoisotopic (exact) mass is 887 g/mol. The van der Waals surface area contributed by atoms with E-state index in [1.165, 1.54) is 159 Å². The van der Waals surface area contributed by atoms with Gasteiger partial charge in [-0.25, -0.2) is 0 Å². The van der Waals surface area contributed by atoms with Crippen molar-refractivity contribution < 1.29 is 9.47 Å². The first-order chi connectivity index (χ1) is 32.6. The molecular formula is C62H82N2O2. The van der Waals surface area contributed by atoms with Gasteiger partial charge in [-0.1, -0.05) is 196 Å². The van der Waals surface area contributed by atoms with Crippen molar-refractivity contribution in [2.45, 2.75) is 168 Å². The maximum atomic E-state index is 5.95. The summed E-state index contributed by atoms with van der Waals surface area (Å²) in [6.45, 7) is 7.62. The van der Waals surface area contributed by atoms with E-state index in [9.17, 15) is 0 Å². The Morgan fingerprint density at radius 2 is 0.667 bits per heavy atom. The highest BCUT2D eigenvalue weighted by Crippen LogP contribution is 2.25. The lowest BCUT2D eigenvalue weighted by molar-refractivity contribution is 0.304. The van der Waals surface area contributed by atoms with Crippen molar-refractivity contribution in [3.63, 3.8) is 0 Å². The summed E-state index contributed by atoms with van der Waals surface area (Å²) in [5.74, 6) is 1.86. The summed E-state index contributed by atoms with van der Waals surface area (Å²) in [7, 11) is 1.70. The molecule has 4 aromatic carbocycles. The number of unbranched alkanes of at least 4 members (excludes halogenated alkanes) is 14. The highest BCUT2D eigenvalue weighted by molar-refractivity contribution is 5.65. The van der Waals surface area contributed by atoms with Gasteiger partial charge >= 0.3 is 0 Å². The molecule has 0 radical (unpaired) electrons. The van der Waals surface area contributed by atoms with Crippen molar-refractivity contribution >= 4 is 0 Å². The molecule has 0 saturated heterocycles. The van der Waals surface area contributed by atoms with Crippen LogP contribution in [-0.2, 0) is 38.5 Å². The van der Waals surface area contributed by atoms with Crippen molar-refractivity contribution in [2.24, 2.45) is 0 Å². The molecule has 0 bridgehead atoms. The number of hydrogen-bond acceptors (Lipinski definition) is 4. The zero-order valence-corrected chi connectivity index (χ0v) is 41.4. The largest absolute Gasteiger partial charge is 0.497 e. The lowest BCUT2D eigenvalue weighted by atomic mass is 10.0. The number of ether oxygens (including phenoxy) is 2. The van der Waals surface area contributed by atoms with Gasteiger partial charge in [0.25, 0.3) is 0 Å². The van der Waals surface area contributed by atoms with Crippen LogP contribution in [0.1, 0.15) is 164 Å². The van der Waals surface area contributed by atoms with Crippen LogP contribution < -0.4 is 9.47 Å². The zero-order valence-electron chi connectivity index (χ0n) is 41.4. The van der Waals surface area contributed by atoms with Crippen molar-refractivity contribution in [1.29, 1.82) is 0 Å². The smallest absolute Gasteiger partial charge is 0.119 e. The molecule has 66 heavy (non-hydrogen) atoms. The summed E-state index contributed by atoms with van der Waals surface area (Å²) in [6.07, 6.45) is 33.0. The van der Waals surface area contributed by atoms with Crippen LogP contribution in [0.25, 0.3) is 22.3 Å². The highest BCUT2D eigenvalue weighted by Gasteiger charge is 2.05. The third-order valence-corrected chi connectivity index (χ3v) is 12.8. The molecule has 0 aliphatic carbocycles. The van der Waals surface area contributed by atoms with Crippen molar-refractivity contribution in [1.82, 2.24) is 9.97 Å². The third-order valence-electron chi connectivity index (χ3n) is 12.8. The fourth-order valence-electron chi connectivity index (χ4n) is 8.42. The van der Waals surface area contributed by atoms with Crippen LogP contribution in [0.2, 0.25) is 0 Å². The number of methoxy groups -OCH3 is 1. The fourth-order valence-corrected chi connectivity index (χ4v) is 8.42. The van der Waals surface area contributed by atoms with E-state index >= 15 is 0 Å². The minimum atomic E-state index is 0.818. The molecule has 0 spiro atoms. The van der Waals surface area contributed by atoms with Gasteiger partial charge in [0, 0.05) is 23.8 Å². The van der Waals surface area contributed by atoms with E-state index in [1.807, 2.05) is 12.1 Å². The van der Waals surface area contributed by atoms with Crippen LogP contribution in [0, 0.1) is 0 Å². The van der Waals surface area contributed by atoms with Crippen LogP contribution in [-0.4, -0.2) is 23.7 Å². The first-order valence-electron chi connectivity index (χ1n) is 26.0. The number of pyridine rings is 2. The second kappa shape index (κ2) is 31.7. The van der Waals surface area contributed by atoms with Crippen LogP contribution in [0.15, 0.2) is 134 Å². The van der Waals surface area contributed by atoms with E-state index in [1.54, 1.807) is 7.11 Å². The highest BCUT2D eigenvalue weighted by atomic mass is 16.5. The quantitative estimate of drug-likeness (QED) is 0.0423. The first-order valence-corrected chi connectivity index (χ1v) is 26.0. The summed E-state index contributed by atoms with van der Waals surface area (Å²) >= 11 is 0. The number of rotatable bonds is 30. The van der Waals surface area contributed by atoms with Gasteiger partial charge in [0.05, 0.1) is 13.7 Å². The van der Waals surface area contributed by atoms with Crippen molar-refractivity contribution in [3.05, 3.63) is 167 Å². The Morgan fingerprint density at radius 1 is 0.318 bits per heavy atom. The molecule has 6 aromatic rings. The predicted octanol–water partition coefficient (Wildman–Crippen LogP) is 17.2. The molecule has 0 saturated carbocycles. The lowest BCUT2D eigenvalue weighted by Crippen LogP contribution is -1.97. The molecule has 4 heteroatoms. The Kier molecular flexibility index (Phi) is 24.8. The van der Waals surface area contributed by atoms with E-state index in [4.69, 9.17) is 14.5 Å². The van der Waals surface area contributed by atoms with Crippen LogP contribution >= 0.6 is 0 Å². The van der Waals surface area contributed by atoms with E-state index in [0.717, 1.165) is 63.1 Å². The van der Waals surface area contributed by atoms with Crippen LogP contribution in [0.5, 0.6) is 11.5 Å². The van der Waals surface area contributed by atoms with Gasteiger partial charge in [-0.2, -0.15) is 0 Å². The molecular weight excluding hydrogens is 805 g/mol. The average molecular weight is 887 g/mol. The number of aryl methyl sites for hydroxylation is 6. The molecule has 352 valence electrons. The van der Waals surface area contributed by atoms with Crippen LogP contribution in [0.4, 0.5) is 0 Å². The molecule has 0 N–H and O–H groups in total. The summed E-state index contributed by atoms with van der Waals surface area (Å²) in [5.41, 5.74) is 12.8. The molecule has 0 unspecified atom stereocenters. The van der Waals surface area contributed by atoms with Gasteiger partial charge < -0.3 is 9.47 Å². The topological polar surface area (TPSA) is 44.2 Å². The Hall–Kier alpha value is -5.22. The second-order valence-corrected chi connectivity index (χ2v) is 18.3. The molecule has 0 aliphatic heterocycles. The van der Waals surface area contributed by atoms with Gasteiger partial charge in [0.15, 0.2) is 0 Å². The SMILES string of the molecule is CCCCCCCCCOc1ccc(-c2ccc(CCc3ccc(CCCCCCC)cn3)cc2)cc1.CCCCCCCc1ccc(CCc2ccc(-c3ccc(OC)cc3)cc2)nc1. The summed E-state index contributed by atoms with van der Waals surface area (Å²) in [4.78, 5) is 9.40. The van der Waals surface area contributed by atoms with Gasteiger partial charge in [0.2, 0.25) is 0 Å². The third kappa shape index (κ3) is 20.1. The van der Waals surface area contributed by atoms with Gasteiger partial charge in [-0.15, -0.1) is 0 Å². The van der Waals surface area contributed by atoms with Crippen molar-refractivity contribution in [2.75, 3.05) is 13.7 Å². The van der Waals surface area contributed by atoms with E-state index in [-0.39, 0.29) is 0 Å². The molecule has 2 aromatic heterocycles. The van der Waals surface area contributed by atoms with E-state index in [2.05, 4.69) is 147 Å². The second-order valence-electron chi connectivity index (χ2n) is 18.3. The lowest BCUT2D eigenvalue weighted by Gasteiger charge is -2.08. The molecule has 4 nitrogen and oxygen atoms in total. The Bertz CT molecular complexity index is 2110. The molecule has 0 aliphatic rings. The zero-order chi connectivity index (χ0) is 46.3. The van der Waals surface area contributed by atoms with Gasteiger partial charge in [-0.3, -0.25) is 9.97 Å². The maximum absolute atomic E-state index is 5.95. The fraction of sp³-hybridized carbons (Fsp3) is 0.452. The number of aromatic nitrogens is 2. The van der Waals surface area contributed by atoms with Crippen molar-refractivity contribution in [3.8, 4) is 33.8 Å². The van der Waals surface area contributed by atoms with Gasteiger partial charge in [-0.05, 0) is 139 Å². The Morgan fingerprint density at radius 3 is 1.05 bits per heavy atom. The Balaban J connectivity index is 0.000000255. The predicted molar refractivity (Wildman–Crippen MR) is 282 cm³/mol. The van der Waals surface area contributed by atoms with Gasteiger partial charge in [0.1, 0.15) is 11.5 Å². The number of nitrogens with zero attached hydrogens (tertiary/aromatic N) is 2. The first kappa shape index (κ1) is 51.8. The summed E-state index contributed by atoms with van der Waals surface area (Å²) in [6, 6.07) is 43.5. The summed E-state index contributed by atoms with van der Waals surface area (Å²) in [5, 5.41) is 0. The summed E-state index contributed by atoms with van der Waals surface area (Å²) < 4.78 is 11.2. The standard InChI is InChI=1S/C35H49NO.C27H33NO/c1-3-5-7-9-10-12-14-28-37-35-26-22-33(23-27-35)32-20-16-30(17-21-32)18-24-34-25-19-31(29-36-34)15-13-11-8-6-4-2;1-3-4-5-6-7-8-23-12-18-26(28-21-23)17-11-22-9-13-24(14-10-22)25-15-19-27(29-2)20-16-25/h16-17,19-23,25-27,29H,3-15,18,24,28H2,1-2H3;9-10,12-16,18-21H,3-8,11,17H2,1-2H3. The average Bonchev–Trinajstić information content (AvgIpc) is 3.37. The molecule has 0 atom stereocenters. The van der Waals surface area contributed by atoms with E-state index in [0.29, 0.717) is 0 Å². The minimum Gasteiger partial charge on any atom is -0.497 e. The molecule has 2 heterocycles. The normalized spacial score (nSPS) is 11.0. The molecule has 0 amide bonds.